The van der Waals surface area contributed by atoms with Crippen LogP contribution in [0.1, 0.15) is 89.5 Å². The molecule has 0 amide bonds. The number of hydrogen-bond acceptors (Lipinski definition) is 1. The Bertz CT molecular complexity index is 1910. The van der Waals surface area contributed by atoms with Crippen molar-refractivity contribution in [2.24, 2.45) is 59.2 Å². The molecule has 0 N–H and O–H groups in total. The molecule has 2 aromatic heterocycles. The molecular formula is C42H47NO. The number of fused-ring (bicyclic) bond motifs is 13. The van der Waals surface area contributed by atoms with Crippen molar-refractivity contribution in [3.8, 4) is 0 Å². The average molecular weight is 582 g/mol. The predicted octanol–water partition coefficient (Wildman–Crippen LogP) is 11.5. The summed E-state index contributed by atoms with van der Waals surface area (Å²) in [5.41, 5.74) is 4.91. The molecule has 0 saturated heterocycles. The van der Waals surface area contributed by atoms with Gasteiger partial charge in [0, 0.05) is 33.1 Å². The Balaban J connectivity index is 1.05. The van der Waals surface area contributed by atoms with Gasteiger partial charge in [-0.25, -0.2) is 0 Å². The van der Waals surface area contributed by atoms with Crippen LogP contribution in [0.15, 0.2) is 65.1 Å². The van der Waals surface area contributed by atoms with Gasteiger partial charge in [-0.3, -0.25) is 0 Å². The minimum atomic E-state index is 0.569. The highest BCUT2D eigenvalue weighted by atomic mass is 16.3. The first-order valence-electron chi connectivity index (χ1n) is 18.7. The predicted molar refractivity (Wildman–Crippen MR) is 181 cm³/mol. The number of furan rings is 1. The van der Waals surface area contributed by atoms with Crippen LogP contribution in [0.25, 0.3) is 43.7 Å². The minimum Gasteiger partial charge on any atom is -0.454 e. The topological polar surface area (TPSA) is 18.1 Å². The van der Waals surface area contributed by atoms with Crippen molar-refractivity contribution >= 4 is 43.7 Å². The van der Waals surface area contributed by atoms with E-state index in [9.17, 15) is 0 Å². The van der Waals surface area contributed by atoms with Crippen LogP contribution in [0.4, 0.5) is 0 Å². The van der Waals surface area contributed by atoms with E-state index in [1.165, 1.54) is 83.9 Å². The van der Waals surface area contributed by atoms with E-state index in [-0.39, 0.29) is 0 Å². The molecule has 0 aliphatic heterocycles. The van der Waals surface area contributed by atoms with Gasteiger partial charge in [0.25, 0.3) is 0 Å². The van der Waals surface area contributed by atoms with Crippen LogP contribution in [-0.4, -0.2) is 4.57 Å². The molecule has 5 aromatic rings. The second kappa shape index (κ2) is 9.40. The fraction of sp³-hybridized carbons (Fsp3) is 0.571. The maximum absolute atomic E-state index is 6.75. The van der Waals surface area contributed by atoms with Gasteiger partial charge in [0.15, 0.2) is 5.58 Å². The molecule has 0 bridgehead atoms. The molecule has 11 atom stereocenters. The number of benzene rings is 3. The lowest BCUT2D eigenvalue weighted by Gasteiger charge is -2.67. The van der Waals surface area contributed by atoms with Crippen LogP contribution in [0.5, 0.6) is 0 Å². The molecule has 3 aromatic carbocycles. The highest BCUT2D eigenvalue weighted by Crippen LogP contribution is 2.69. The number of hydrogen-bond donors (Lipinski definition) is 0. The first-order valence-corrected chi connectivity index (χ1v) is 18.7. The summed E-state index contributed by atoms with van der Waals surface area (Å²) in [4.78, 5) is 0. The standard InChI is InChI=1S/C42H47NO/c1-2-10-26-25(9-1)30-13-7-15-32-27-20-19-24(23-36(27)33-16-8-14-31(26)40(33)39(30)32)43-37-17-5-3-11-28(37)34-21-22-35-29-12-4-6-18-38(29)44-42(35)41(34)43/h3-6,11-12,17-18,21-22,24-27,30-33,36,39-40H,1-2,7-10,13-16,19-20,23H2. The zero-order valence-corrected chi connectivity index (χ0v) is 26.2. The van der Waals surface area contributed by atoms with Gasteiger partial charge in [-0.2, -0.15) is 0 Å². The fourth-order valence-electron chi connectivity index (χ4n) is 14.1. The lowest BCUT2D eigenvalue weighted by Crippen LogP contribution is -2.61. The molecule has 2 heterocycles. The van der Waals surface area contributed by atoms with Crippen LogP contribution in [-0.2, 0) is 0 Å². The van der Waals surface area contributed by atoms with E-state index in [2.05, 4.69) is 65.2 Å². The van der Waals surface area contributed by atoms with Crippen LogP contribution in [0.2, 0.25) is 0 Å². The second-order valence-corrected chi connectivity index (χ2v) is 16.4. The molecule has 44 heavy (non-hydrogen) atoms. The highest BCUT2D eigenvalue weighted by molar-refractivity contribution is 6.20. The summed E-state index contributed by atoms with van der Waals surface area (Å²) < 4.78 is 9.56. The van der Waals surface area contributed by atoms with Gasteiger partial charge in [-0.05, 0) is 135 Å². The molecule has 2 nitrogen and oxygen atoms in total. The number of aromatic nitrogens is 1. The third-order valence-corrected chi connectivity index (χ3v) is 15.2. The van der Waals surface area contributed by atoms with Crippen molar-refractivity contribution in [3.63, 3.8) is 0 Å². The van der Waals surface area contributed by atoms with E-state index in [4.69, 9.17) is 4.42 Å². The van der Waals surface area contributed by atoms with E-state index in [1.807, 2.05) is 0 Å². The average Bonchev–Trinajstić information content (AvgIpc) is 3.64. The van der Waals surface area contributed by atoms with Gasteiger partial charge < -0.3 is 8.98 Å². The number of para-hydroxylation sites is 2. The Kier molecular flexibility index (Phi) is 5.44. The van der Waals surface area contributed by atoms with Crippen molar-refractivity contribution in [1.82, 2.24) is 4.57 Å². The second-order valence-electron chi connectivity index (χ2n) is 16.4. The molecule has 6 aliphatic rings. The molecule has 0 radical (unpaired) electrons. The number of rotatable bonds is 1. The maximum atomic E-state index is 6.75. The summed E-state index contributed by atoms with van der Waals surface area (Å²) in [5.74, 6) is 10.4. The van der Waals surface area contributed by atoms with E-state index >= 15 is 0 Å². The lowest BCUT2D eigenvalue weighted by atomic mass is 9.38. The van der Waals surface area contributed by atoms with Crippen LogP contribution >= 0.6 is 0 Å². The summed E-state index contributed by atoms with van der Waals surface area (Å²) in [7, 11) is 0. The Morgan fingerprint density at radius 2 is 1.07 bits per heavy atom. The summed E-state index contributed by atoms with van der Waals surface area (Å²) in [6.45, 7) is 0. The van der Waals surface area contributed by atoms with E-state index in [0.29, 0.717) is 6.04 Å². The maximum Gasteiger partial charge on any atom is 0.159 e. The van der Waals surface area contributed by atoms with Crippen molar-refractivity contribution in [3.05, 3.63) is 60.7 Å². The molecular weight excluding hydrogens is 534 g/mol. The molecule has 226 valence electrons. The molecule has 6 saturated carbocycles. The first-order chi connectivity index (χ1) is 21.8. The van der Waals surface area contributed by atoms with Crippen molar-refractivity contribution < 1.29 is 4.42 Å². The highest BCUT2D eigenvalue weighted by Gasteiger charge is 2.62. The normalized spacial score (nSPS) is 39.8. The Labute approximate surface area is 261 Å². The fourth-order valence-corrected chi connectivity index (χ4v) is 14.1. The van der Waals surface area contributed by atoms with E-state index < -0.39 is 0 Å². The van der Waals surface area contributed by atoms with Gasteiger partial charge in [0.05, 0.1) is 5.52 Å². The third kappa shape index (κ3) is 3.29. The zero-order valence-electron chi connectivity index (χ0n) is 26.2. The first kappa shape index (κ1) is 25.5. The van der Waals surface area contributed by atoms with Gasteiger partial charge in [0.2, 0.25) is 0 Å². The SMILES string of the molecule is c1ccc2c(c1)oc1c2ccc2c3ccccc3n(C3CCC4C(C3)C3CCCC5C6CCCCC6C6CCCC4C6C53)c21. The largest absolute Gasteiger partial charge is 0.454 e. The lowest BCUT2D eigenvalue weighted by molar-refractivity contribution is -0.189. The van der Waals surface area contributed by atoms with Crippen molar-refractivity contribution in [2.45, 2.75) is 89.5 Å². The summed E-state index contributed by atoms with van der Waals surface area (Å²) in [6, 6.07) is 23.2. The van der Waals surface area contributed by atoms with Gasteiger partial charge in [-0.15, -0.1) is 0 Å². The minimum absolute atomic E-state index is 0.569. The summed E-state index contributed by atoms with van der Waals surface area (Å²) in [6.07, 6.45) is 19.6. The van der Waals surface area contributed by atoms with Crippen LogP contribution < -0.4 is 0 Å². The third-order valence-electron chi connectivity index (χ3n) is 15.2. The van der Waals surface area contributed by atoms with Gasteiger partial charge >= 0.3 is 0 Å². The molecule has 6 fully saturated rings. The molecule has 0 spiro atoms. The van der Waals surface area contributed by atoms with Gasteiger partial charge in [0.1, 0.15) is 5.58 Å². The van der Waals surface area contributed by atoms with E-state index in [0.717, 1.165) is 70.3 Å². The molecule has 11 rings (SSSR count). The van der Waals surface area contributed by atoms with Crippen molar-refractivity contribution in [2.75, 3.05) is 0 Å². The van der Waals surface area contributed by atoms with E-state index in [1.54, 1.807) is 32.1 Å². The van der Waals surface area contributed by atoms with Gasteiger partial charge in [-0.1, -0.05) is 68.1 Å². The Morgan fingerprint density at radius 1 is 0.477 bits per heavy atom. The van der Waals surface area contributed by atoms with Crippen LogP contribution in [0.3, 0.4) is 0 Å². The van der Waals surface area contributed by atoms with Crippen molar-refractivity contribution in [1.29, 1.82) is 0 Å². The molecule has 2 heteroatoms. The zero-order chi connectivity index (χ0) is 28.5. The Morgan fingerprint density at radius 3 is 1.82 bits per heavy atom. The van der Waals surface area contributed by atoms with Crippen LogP contribution in [0, 0.1) is 59.2 Å². The Hall–Kier alpha value is -2.74. The molecule has 11 unspecified atom stereocenters. The summed E-state index contributed by atoms with van der Waals surface area (Å²) >= 11 is 0. The monoisotopic (exact) mass is 581 g/mol. The quantitative estimate of drug-likeness (QED) is 0.193. The summed E-state index contributed by atoms with van der Waals surface area (Å²) in [5, 5.41) is 5.31. The smallest absolute Gasteiger partial charge is 0.159 e. The number of nitrogens with zero attached hydrogens (tertiary/aromatic N) is 1. The molecule has 6 aliphatic carbocycles.